The summed E-state index contributed by atoms with van der Waals surface area (Å²) in [5.41, 5.74) is 3.33. The quantitative estimate of drug-likeness (QED) is 0.783. The molecule has 2 aromatic carbocycles. The predicted octanol–water partition coefficient (Wildman–Crippen LogP) is 3.48. The third kappa shape index (κ3) is 1.90. The molecule has 90 valence electrons. The lowest BCUT2D eigenvalue weighted by atomic mass is 10.0. The fourth-order valence-corrected chi connectivity index (χ4v) is 2.47. The highest BCUT2D eigenvalue weighted by atomic mass is 16.2. The number of amides is 1. The van der Waals surface area contributed by atoms with Crippen LogP contribution in [0.4, 0.5) is 5.69 Å². The minimum Gasteiger partial charge on any atom is -0.312 e. The zero-order valence-corrected chi connectivity index (χ0v) is 10.2. The summed E-state index contributed by atoms with van der Waals surface area (Å²) in [4.78, 5) is 13.8. The second kappa shape index (κ2) is 4.65. The van der Waals surface area contributed by atoms with E-state index >= 15 is 0 Å². The van der Waals surface area contributed by atoms with E-state index in [4.69, 9.17) is 0 Å². The molecule has 0 radical (unpaired) electrons. The number of carbonyl (C=O) groups is 1. The maximum atomic E-state index is 11.9. The first-order valence-corrected chi connectivity index (χ1v) is 6.31. The Kier molecular flexibility index (Phi) is 2.85. The Labute approximate surface area is 107 Å². The molecule has 0 atom stereocenters. The van der Waals surface area contributed by atoms with E-state index in [1.54, 1.807) is 0 Å². The van der Waals surface area contributed by atoms with Gasteiger partial charge in [0.15, 0.2) is 0 Å². The number of rotatable bonds is 2. The molecule has 0 N–H and O–H groups in total. The largest absolute Gasteiger partial charge is 0.312 e. The standard InChI is InChI=1S/C16H15NO/c18-16-11-6-12-17(16)15-10-5-4-9-14(15)13-7-2-1-3-8-13/h1-5,7-10H,6,11-12H2. The van der Waals surface area contributed by atoms with Crippen molar-refractivity contribution in [3.05, 3.63) is 54.6 Å². The third-order valence-corrected chi connectivity index (χ3v) is 3.35. The molecular weight excluding hydrogens is 222 g/mol. The summed E-state index contributed by atoms with van der Waals surface area (Å²) >= 11 is 0. The van der Waals surface area contributed by atoms with Crippen LogP contribution in [0.25, 0.3) is 11.1 Å². The van der Waals surface area contributed by atoms with Crippen LogP contribution in [0, 0.1) is 0 Å². The molecule has 1 amide bonds. The van der Waals surface area contributed by atoms with Crippen molar-refractivity contribution in [2.45, 2.75) is 12.8 Å². The summed E-state index contributed by atoms with van der Waals surface area (Å²) < 4.78 is 0. The maximum Gasteiger partial charge on any atom is 0.227 e. The van der Waals surface area contributed by atoms with Crippen LogP contribution in [-0.4, -0.2) is 12.5 Å². The molecule has 0 saturated carbocycles. The molecule has 1 heterocycles. The van der Waals surface area contributed by atoms with Crippen LogP contribution < -0.4 is 4.90 Å². The zero-order valence-electron chi connectivity index (χ0n) is 10.2. The Hall–Kier alpha value is -2.09. The van der Waals surface area contributed by atoms with Crippen LogP contribution in [0.3, 0.4) is 0 Å². The third-order valence-electron chi connectivity index (χ3n) is 3.35. The molecule has 0 unspecified atom stereocenters. The summed E-state index contributed by atoms with van der Waals surface area (Å²) in [5, 5.41) is 0. The van der Waals surface area contributed by atoms with Gasteiger partial charge in [0.25, 0.3) is 0 Å². The number of anilines is 1. The Morgan fingerprint density at radius 1 is 0.889 bits per heavy atom. The second-order valence-electron chi connectivity index (χ2n) is 4.53. The van der Waals surface area contributed by atoms with E-state index in [1.165, 1.54) is 0 Å². The second-order valence-corrected chi connectivity index (χ2v) is 4.53. The average molecular weight is 237 g/mol. The summed E-state index contributed by atoms with van der Waals surface area (Å²) in [6.45, 7) is 0.836. The highest BCUT2D eigenvalue weighted by Crippen LogP contribution is 2.32. The molecule has 0 aliphatic carbocycles. The topological polar surface area (TPSA) is 20.3 Å². The van der Waals surface area contributed by atoms with Gasteiger partial charge in [-0.25, -0.2) is 0 Å². The molecule has 0 spiro atoms. The van der Waals surface area contributed by atoms with Crippen LogP contribution in [0.5, 0.6) is 0 Å². The molecule has 1 aliphatic rings. The van der Waals surface area contributed by atoms with E-state index < -0.39 is 0 Å². The summed E-state index contributed by atoms with van der Waals surface area (Å²) in [5.74, 6) is 0.235. The van der Waals surface area contributed by atoms with Gasteiger partial charge in [-0.2, -0.15) is 0 Å². The van der Waals surface area contributed by atoms with E-state index in [0.717, 1.165) is 29.8 Å². The SMILES string of the molecule is O=C1CCCN1c1ccccc1-c1ccccc1. The fourth-order valence-electron chi connectivity index (χ4n) is 2.47. The number of nitrogens with zero attached hydrogens (tertiary/aromatic N) is 1. The highest BCUT2D eigenvalue weighted by Gasteiger charge is 2.23. The van der Waals surface area contributed by atoms with E-state index in [1.807, 2.05) is 41.3 Å². The Bertz CT molecular complexity index is 562. The van der Waals surface area contributed by atoms with E-state index in [-0.39, 0.29) is 5.91 Å². The van der Waals surface area contributed by atoms with Crippen LogP contribution in [0.1, 0.15) is 12.8 Å². The van der Waals surface area contributed by atoms with Crippen molar-refractivity contribution >= 4 is 11.6 Å². The van der Waals surface area contributed by atoms with E-state index in [9.17, 15) is 4.79 Å². The Balaban J connectivity index is 2.08. The van der Waals surface area contributed by atoms with Gasteiger partial charge in [-0.3, -0.25) is 4.79 Å². The molecule has 2 nitrogen and oxygen atoms in total. The van der Waals surface area contributed by atoms with Crippen molar-refractivity contribution in [1.29, 1.82) is 0 Å². The van der Waals surface area contributed by atoms with Crippen molar-refractivity contribution in [3.8, 4) is 11.1 Å². The molecule has 3 rings (SSSR count). The summed E-state index contributed by atoms with van der Waals surface area (Å²) in [6.07, 6.45) is 1.63. The van der Waals surface area contributed by atoms with Gasteiger partial charge in [0, 0.05) is 18.5 Å². The van der Waals surface area contributed by atoms with E-state index in [2.05, 4.69) is 18.2 Å². The van der Waals surface area contributed by atoms with Gasteiger partial charge < -0.3 is 4.90 Å². The molecular formula is C16H15NO. The number of benzene rings is 2. The lowest BCUT2D eigenvalue weighted by Crippen LogP contribution is -2.24. The number of carbonyl (C=O) groups excluding carboxylic acids is 1. The normalized spacial score (nSPS) is 15.1. The van der Waals surface area contributed by atoms with Gasteiger partial charge in [0.05, 0.1) is 5.69 Å². The molecule has 1 aliphatic heterocycles. The van der Waals surface area contributed by atoms with Gasteiger partial charge in [-0.1, -0.05) is 48.5 Å². The Morgan fingerprint density at radius 3 is 2.33 bits per heavy atom. The lowest BCUT2D eigenvalue weighted by Gasteiger charge is -2.19. The fraction of sp³-hybridized carbons (Fsp3) is 0.188. The van der Waals surface area contributed by atoms with Crippen LogP contribution >= 0.6 is 0 Å². The van der Waals surface area contributed by atoms with Gasteiger partial charge in [-0.05, 0) is 18.1 Å². The molecule has 0 aromatic heterocycles. The molecule has 18 heavy (non-hydrogen) atoms. The lowest BCUT2D eigenvalue weighted by molar-refractivity contribution is -0.117. The minimum atomic E-state index is 0.235. The van der Waals surface area contributed by atoms with Crippen LogP contribution in [0.2, 0.25) is 0 Å². The van der Waals surface area contributed by atoms with E-state index in [0.29, 0.717) is 6.42 Å². The maximum absolute atomic E-state index is 11.9. The first kappa shape index (κ1) is 11.0. The number of para-hydroxylation sites is 1. The highest BCUT2D eigenvalue weighted by molar-refractivity contribution is 5.99. The Morgan fingerprint density at radius 2 is 1.61 bits per heavy atom. The van der Waals surface area contributed by atoms with Crippen molar-refractivity contribution in [3.63, 3.8) is 0 Å². The van der Waals surface area contributed by atoms with Crippen LogP contribution in [0.15, 0.2) is 54.6 Å². The van der Waals surface area contributed by atoms with Gasteiger partial charge in [0.1, 0.15) is 0 Å². The van der Waals surface area contributed by atoms with Gasteiger partial charge in [0.2, 0.25) is 5.91 Å². The van der Waals surface area contributed by atoms with Gasteiger partial charge >= 0.3 is 0 Å². The smallest absolute Gasteiger partial charge is 0.227 e. The van der Waals surface area contributed by atoms with Crippen molar-refractivity contribution in [2.75, 3.05) is 11.4 Å². The molecule has 2 heteroatoms. The molecule has 0 bridgehead atoms. The molecule has 1 saturated heterocycles. The number of hydrogen-bond acceptors (Lipinski definition) is 1. The predicted molar refractivity (Wildman–Crippen MR) is 73.5 cm³/mol. The first-order valence-electron chi connectivity index (χ1n) is 6.31. The van der Waals surface area contributed by atoms with Crippen molar-refractivity contribution in [2.24, 2.45) is 0 Å². The minimum absolute atomic E-state index is 0.235. The zero-order chi connectivity index (χ0) is 12.4. The summed E-state index contributed by atoms with van der Waals surface area (Å²) in [6, 6.07) is 18.4. The van der Waals surface area contributed by atoms with Crippen molar-refractivity contribution in [1.82, 2.24) is 0 Å². The summed E-state index contributed by atoms with van der Waals surface area (Å²) in [7, 11) is 0. The van der Waals surface area contributed by atoms with Crippen molar-refractivity contribution < 1.29 is 4.79 Å². The van der Waals surface area contributed by atoms with Crippen LogP contribution in [-0.2, 0) is 4.79 Å². The average Bonchev–Trinajstić information content (AvgIpc) is 2.86. The monoisotopic (exact) mass is 237 g/mol. The first-order chi connectivity index (χ1) is 8.86. The van der Waals surface area contributed by atoms with Gasteiger partial charge in [-0.15, -0.1) is 0 Å². The number of hydrogen-bond donors (Lipinski definition) is 0. The molecule has 1 fully saturated rings. The molecule has 2 aromatic rings.